The molecular formula is C28H20ClN7O2. The van der Waals surface area contributed by atoms with Gasteiger partial charge in [0, 0.05) is 17.4 Å². The van der Waals surface area contributed by atoms with Crippen LogP contribution < -0.4 is 9.47 Å². The Bertz CT molecular complexity index is 1780. The highest BCUT2D eigenvalue weighted by atomic mass is 35.5. The molecule has 186 valence electrons. The van der Waals surface area contributed by atoms with Gasteiger partial charge in [-0.3, -0.25) is 4.98 Å². The molecule has 1 atom stereocenters. The van der Waals surface area contributed by atoms with Gasteiger partial charge in [-0.25, -0.2) is 19.2 Å². The lowest BCUT2D eigenvalue weighted by molar-refractivity contribution is 0.296. The second-order valence-corrected chi connectivity index (χ2v) is 9.32. The van der Waals surface area contributed by atoms with Gasteiger partial charge in [0.1, 0.15) is 18.7 Å². The first kappa shape index (κ1) is 22.4. The third-order valence-electron chi connectivity index (χ3n) is 6.45. The molecule has 9 nitrogen and oxygen atoms in total. The maximum absolute atomic E-state index is 6.44. The van der Waals surface area contributed by atoms with Crippen LogP contribution in [0.25, 0.3) is 11.3 Å². The van der Waals surface area contributed by atoms with Crippen molar-refractivity contribution in [2.24, 2.45) is 0 Å². The van der Waals surface area contributed by atoms with Gasteiger partial charge in [-0.1, -0.05) is 41.9 Å². The molecular weight excluding hydrogens is 502 g/mol. The molecule has 6 aromatic rings. The number of hydrogen-bond donors (Lipinski definition) is 0. The van der Waals surface area contributed by atoms with Crippen molar-refractivity contribution in [3.05, 3.63) is 119 Å². The number of rotatable bonds is 5. The molecule has 0 N–H and O–H groups in total. The van der Waals surface area contributed by atoms with Crippen molar-refractivity contribution >= 4 is 17.2 Å². The maximum Gasteiger partial charge on any atom is 0.230 e. The molecule has 10 heteroatoms. The van der Waals surface area contributed by atoms with E-state index in [-0.39, 0.29) is 12.5 Å². The number of aromatic nitrogens is 7. The molecule has 0 spiro atoms. The van der Waals surface area contributed by atoms with Crippen LogP contribution in [0.15, 0.2) is 85.5 Å². The van der Waals surface area contributed by atoms with Crippen molar-refractivity contribution in [1.29, 1.82) is 0 Å². The molecule has 1 aliphatic heterocycles. The van der Waals surface area contributed by atoms with Crippen molar-refractivity contribution in [2.75, 3.05) is 0 Å². The van der Waals surface area contributed by atoms with Crippen LogP contribution in [0.2, 0.25) is 5.02 Å². The van der Waals surface area contributed by atoms with Gasteiger partial charge in [-0.05, 0) is 48.9 Å². The number of nitrogens with zero attached hydrogens (tertiary/aromatic N) is 7. The number of pyridine rings is 1. The Kier molecular flexibility index (Phi) is 5.29. The highest BCUT2D eigenvalue weighted by Crippen LogP contribution is 2.49. The van der Waals surface area contributed by atoms with Crippen LogP contribution in [0.4, 0.5) is 0 Å². The standard InChI is InChI=1S/C28H20ClN7O2/c1-17-23-24(18-7-6-12-30-14-18)25-26-32-22(15-37-21-10-3-2-4-11-21)34-35(26)16-31-27(25)38-28(23)36(33-17)20-9-5-8-19(29)13-20/h2-14,16,24H,15H2,1H3/t24-/m0/s1. The average Bonchev–Trinajstić information content (AvgIpc) is 3.52. The van der Waals surface area contributed by atoms with Gasteiger partial charge in [0.05, 0.1) is 28.4 Å². The van der Waals surface area contributed by atoms with Crippen molar-refractivity contribution in [1.82, 2.24) is 34.3 Å². The molecule has 0 saturated heterocycles. The normalized spacial score (nSPS) is 14.1. The van der Waals surface area contributed by atoms with Crippen molar-refractivity contribution < 1.29 is 9.47 Å². The molecule has 0 amide bonds. The third kappa shape index (κ3) is 3.75. The molecule has 5 heterocycles. The highest BCUT2D eigenvalue weighted by Gasteiger charge is 2.38. The zero-order valence-corrected chi connectivity index (χ0v) is 20.9. The first-order chi connectivity index (χ1) is 18.7. The van der Waals surface area contributed by atoms with Crippen molar-refractivity contribution in [3.8, 4) is 23.2 Å². The molecule has 0 radical (unpaired) electrons. The van der Waals surface area contributed by atoms with Crippen molar-refractivity contribution in [3.63, 3.8) is 0 Å². The van der Waals surface area contributed by atoms with Crippen LogP contribution in [0.3, 0.4) is 0 Å². The van der Waals surface area contributed by atoms with E-state index < -0.39 is 0 Å². The molecule has 0 fully saturated rings. The maximum atomic E-state index is 6.44. The first-order valence-corrected chi connectivity index (χ1v) is 12.4. The minimum absolute atomic E-state index is 0.218. The lowest BCUT2D eigenvalue weighted by atomic mass is 9.85. The number of aryl methyl sites for hydroxylation is 1. The van der Waals surface area contributed by atoms with Gasteiger partial charge in [0.15, 0.2) is 11.5 Å². The largest absolute Gasteiger partial charge is 0.486 e. The van der Waals surface area contributed by atoms with Gasteiger partial charge in [-0.15, -0.1) is 5.10 Å². The summed E-state index contributed by atoms with van der Waals surface area (Å²) in [6.07, 6.45) is 5.20. The number of para-hydroxylation sites is 1. The van der Waals surface area contributed by atoms with Gasteiger partial charge in [0.25, 0.3) is 0 Å². The number of halogens is 1. The summed E-state index contributed by atoms with van der Waals surface area (Å²) in [6.45, 7) is 2.18. The van der Waals surface area contributed by atoms with Crippen LogP contribution in [0, 0.1) is 6.92 Å². The SMILES string of the molecule is Cc1nn(-c2cccc(Cl)c2)c2c1[C@H](c1cccnc1)c1c(ncn3nc(COc4ccccc4)nc13)O2. The van der Waals surface area contributed by atoms with E-state index in [1.165, 1.54) is 0 Å². The highest BCUT2D eigenvalue weighted by molar-refractivity contribution is 6.30. The predicted octanol–water partition coefficient (Wildman–Crippen LogP) is 5.53. The summed E-state index contributed by atoms with van der Waals surface area (Å²) in [7, 11) is 0. The molecule has 0 saturated carbocycles. The van der Waals surface area contributed by atoms with Gasteiger partial charge in [0.2, 0.25) is 11.8 Å². The van der Waals surface area contributed by atoms with E-state index in [1.54, 1.807) is 21.7 Å². The van der Waals surface area contributed by atoms with Gasteiger partial charge >= 0.3 is 0 Å². The second-order valence-electron chi connectivity index (χ2n) is 8.88. The first-order valence-electron chi connectivity index (χ1n) is 12.0. The Labute approximate surface area is 222 Å². The Morgan fingerprint density at radius 2 is 1.89 bits per heavy atom. The summed E-state index contributed by atoms with van der Waals surface area (Å²) in [6, 6.07) is 21.0. The van der Waals surface area contributed by atoms with E-state index in [2.05, 4.69) is 15.1 Å². The quantitative estimate of drug-likeness (QED) is 0.294. The van der Waals surface area contributed by atoms with E-state index in [9.17, 15) is 0 Å². The zero-order chi connectivity index (χ0) is 25.6. The van der Waals surface area contributed by atoms with Gasteiger partial charge in [-0.2, -0.15) is 5.10 Å². The fourth-order valence-electron chi connectivity index (χ4n) is 4.81. The number of benzene rings is 2. The van der Waals surface area contributed by atoms with E-state index >= 15 is 0 Å². The third-order valence-corrected chi connectivity index (χ3v) is 6.68. The van der Waals surface area contributed by atoms with Crippen LogP contribution >= 0.6 is 11.6 Å². The van der Waals surface area contributed by atoms with Crippen LogP contribution in [-0.4, -0.2) is 34.3 Å². The Balaban J connectivity index is 1.38. The van der Waals surface area contributed by atoms with E-state index in [0.29, 0.717) is 28.3 Å². The second kappa shape index (κ2) is 8.97. The topological polar surface area (TPSA) is 92.3 Å². The zero-order valence-electron chi connectivity index (χ0n) is 20.2. The lowest BCUT2D eigenvalue weighted by Crippen LogP contribution is -2.16. The molecule has 1 aliphatic rings. The van der Waals surface area contributed by atoms with Crippen LogP contribution in [-0.2, 0) is 6.61 Å². The smallest absolute Gasteiger partial charge is 0.230 e. The van der Waals surface area contributed by atoms with Crippen molar-refractivity contribution in [2.45, 2.75) is 19.4 Å². The van der Waals surface area contributed by atoms with Crippen LogP contribution in [0.1, 0.15) is 34.1 Å². The fourth-order valence-corrected chi connectivity index (χ4v) is 5.00. The summed E-state index contributed by atoms with van der Waals surface area (Å²) >= 11 is 6.29. The summed E-state index contributed by atoms with van der Waals surface area (Å²) in [5.41, 5.74) is 4.90. The monoisotopic (exact) mass is 521 g/mol. The number of fused-ring (bicyclic) bond motifs is 4. The molecule has 4 aromatic heterocycles. The van der Waals surface area contributed by atoms with Gasteiger partial charge < -0.3 is 9.47 Å². The Hall–Kier alpha value is -4.76. The summed E-state index contributed by atoms with van der Waals surface area (Å²) in [4.78, 5) is 13.9. The minimum atomic E-state index is -0.279. The summed E-state index contributed by atoms with van der Waals surface area (Å²) in [5, 5.41) is 10.1. The average molecular weight is 522 g/mol. The molecule has 7 rings (SSSR count). The molecule has 2 aromatic carbocycles. The molecule has 0 aliphatic carbocycles. The van der Waals surface area contributed by atoms with E-state index in [0.717, 1.165) is 33.8 Å². The van der Waals surface area contributed by atoms with Crippen LogP contribution in [0.5, 0.6) is 17.5 Å². The summed E-state index contributed by atoms with van der Waals surface area (Å²) in [5.74, 6) is 2.02. The fraction of sp³-hybridized carbons (Fsp3) is 0.107. The number of hydrogen-bond acceptors (Lipinski definition) is 7. The molecule has 0 unspecified atom stereocenters. The number of ether oxygens (including phenoxy) is 2. The predicted molar refractivity (Wildman–Crippen MR) is 140 cm³/mol. The van der Waals surface area contributed by atoms with E-state index in [4.69, 9.17) is 31.2 Å². The Morgan fingerprint density at radius 3 is 2.71 bits per heavy atom. The lowest BCUT2D eigenvalue weighted by Gasteiger charge is -2.26. The van der Waals surface area contributed by atoms with E-state index in [1.807, 2.05) is 79.9 Å². The Morgan fingerprint density at radius 1 is 1.00 bits per heavy atom. The minimum Gasteiger partial charge on any atom is -0.486 e. The summed E-state index contributed by atoms with van der Waals surface area (Å²) < 4.78 is 15.8. The molecule has 38 heavy (non-hydrogen) atoms. The molecule has 0 bridgehead atoms.